The monoisotopic (exact) mass is 283 g/mol. The van der Waals surface area contributed by atoms with E-state index in [4.69, 9.17) is 5.11 Å². The van der Waals surface area contributed by atoms with Gasteiger partial charge >= 0.3 is 5.97 Å². The van der Waals surface area contributed by atoms with Crippen LogP contribution in [0.15, 0.2) is 28.7 Å². The van der Waals surface area contributed by atoms with Crippen LogP contribution in [0.5, 0.6) is 0 Å². The molecule has 0 aliphatic carbocycles. The van der Waals surface area contributed by atoms with Gasteiger partial charge in [-0.05, 0) is 40.9 Å². The smallest absolute Gasteiger partial charge is 0.308 e. The van der Waals surface area contributed by atoms with Crippen LogP contribution in [-0.2, 0) is 4.79 Å². The molecule has 0 radical (unpaired) electrons. The van der Waals surface area contributed by atoms with Gasteiger partial charge in [-0.2, -0.15) is 0 Å². The molecule has 1 aliphatic rings. The van der Waals surface area contributed by atoms with Crippen LogP contribution in [0, 0.1) is 5.92 Å². The predicted octanol–water partition coefficient (Wildman–Crippen LogP) is 2.75. The fourth-order valence-electron chi connectivity index (χ4n) is 2.11. The van der Waals surface area contributed by atoms with E-state index in [0.717, 1.165) is 29.5 Å². The minimum atomic E-state index is -0.684. The Labute approximate surface area is 103 Å². The number of aliphatic carboxylic acids is 1. The van der Waals surface area contributed by atoms with Crippen LogP contribution in [0.2, 0.25) is 0 Å². The van der Waals surface area contributed by atoms with E-state index >= 15 is 0 Å². The standard InChI is InChI=1S/C12H14BrNO2/c13-10-5-1-2-6-11(10)14-7-3-4-9(8-14)12(15)16/h1-2,5-6,9H,3-4,7-8H2,(H,15,16). The molecular weight excluding hydrogens is 270 g/mol. The lowest BCUT2D eigenvalue weighted by Gasteiger charge is -2.33. The summed E-state index contributed by atoms with van der Waals surface area (Å²) in [4.78, 5) is 13.1. The molecule has 1 heterocycles. The quantitative estimate of drug-likeness (QED) is 0.907. The normalized spacial score (nSPS) is 20.8. The number of carbonyl (C=O) groups is 1. The zero-order valence-electron chi connectivity index (χ0n) is 8.90. The van der Waals surface area contributed by atoms with Crippen molar-refractivity contribution in [1.29, 1.82) is 0 Å². The van der Waals surface area contributed by atoms with Crippen LogP contribution in [0.25, 0.3) is 0 Å². The molecule has 1 atom stereocenters. The Kier molecular flexibility index (Phi) is 3.49. The first-order valence-electron chi connectivity index (χ1n) is 5.41. The number of piperidine rings is 1. The van der Waals surface area contributed by atoms with E-state index in [1.54, 1.807) is 0 Å². The molecule has 1 unspecified atom stereocenters. The van der Waals surface area contributed by atoms with E-state index in [1.165, 1.54) is 0 Å². The van der Waals surface area contributed by atoms with E-state index in [2.05, 4.69) is 20.8 Å². The van der Waals surface area contributed by atoms with Crippen molar-refractivity contribution in [3.8, 4) is 0 Å². The minimum Gasteiger partial charge on any atom is -0.481 e. The van der Waals surface area contributed by atoms with Crippen LogP contribution in [0.3, 0.4) is 0 Å². The molecule has 1 aliphatic heterocycles. The number of rotatable bonds is 2. The lowest BCUT2D eigenvalue weighted by atomic mass is 9.98. The number of nitrogens with zero attached hydrogens (tertiary/aromatic N) is 1. The molecule has 86 valence electrons. The van der Waals surface area contributed by atoms with Crippen LogP contribution in [0.4, 0.5) is 5.69 Å². The number of anilines is 1. The van der Waals surface area contributed by atoms with Crippen molar-refractivity contribution in [2.75, 3.05) is 18.0 Å². The largest absolute Gasteiger partial charge is 0.481 e. The average Bonchev–Trinajstić information content (AvgIpc) is 2.30. The van der Waals surface area contributed by atoms with Crippen molar-refractivity contribution < 1.29 is 9.90 Å². The van der Waals surface area contributed by atoms with E-state index in [1.807, 2.05) is 24.3 Å². The van der Waals surface area contributed by atoms with Crippen molar-refractivity contribution in [3.05, 3.63) is 28.7 Å². The fourth-order valence-corrected chi connectivity index (χ4v) is 2.64. The molecule has 0 saturated carbocycles. The molecule has 1 fully saturated rings. The summed E-state index contributed by atoms with van der Waals surface area (Å²) in [6.45, 7) is 1.55. The van der Waals surface area contributed by atoms with Gasteiger partial charge in [-0.1, -0.05) is 12.1 Å². The topological polar surface area (TPSA) is 40.5 Å². The zero-order chi connectivity index (χ0) is 11.5. The van der Waals surface area contributed by atoms with Crippen LogP contribution in [-0.4, -0.2) is 24.2 Å². The summed E-state index contributed by atoms with van der Waals surface area (Å²) in [6.07, 6.45) is 1.73. The van der Waals surface area contributed by atoms with Gasteiger partial charge in [-0.25, -0.2) is 0 Å². The molecule has 1 aromatic rings. The van der Waals surface area contributed by atoms with Crippen LogP contribution < -0.4 is 4.90 Å². The third-order valence-electron chi connectivity index (χ3n) is 2.96. The minimum absolute atomic E-state index is 0.235. The zero-order valence-corrected chi connectivity index (χ0v) is 10.5. The molecule has 2 rings (SSSR count). The van der Waals surface area contributed by atoms with Crippen molar-refractivity contribution in [3.63, 3.8) is 0 Å². The summed E-state index contributed by atoms with van der Waals surface area (Å²) in [5.41, 5.74) is 1.09. The van der Waals surface area contributed by atoms with Crippen LogP contribution in [0.1, 0.15) is 12.8 Å². The lowest BCUT2D eigenvalue weighted by molar-refractivity contribution is -0.141. The summed E-state index contributed by atoms with van der Waals surface area (Å²) >= 11 is 3.50. The van der Waals surface area contributed by atoms with Crippen molar-refractivity contribution in [1.82, 2.24) is 0 Å². The highest BCUT2D eigenvalue weighted by molar-refractivity contribution is 9.10. The Balaban J connectivity index is 2.16. The third kappa shape index (κ3) is 2.38. The predicted molar refractivity (Wildman–Crippen MR) is 66.7 cm³/mol. The first-order chi connectivity index (χ1) is 7.68. The lowest BCUT2D eigenvalue weighted by Crippen LogP contribution is -2.38. The van der Waals surface area contributed by atoms with Gasteiger partial charge in [0.25, 0.3) is 0 Å². The summed E-state index contributed by atoms with van der Waals surface area (Å²) in [5, 5.41) is 9.03. The molecule has 4 heteroatoms. The maximum Gasteiger partial charge on any atom is 0.308 e. The maximum absolute atomic E-state index is 11.0. The summed E-state index contributed by atoms with van der Waals surface area (Å²) < 4.78 is 1.03. The number of carboxylic acid groups (broad SMARTS) is 1. The first kappa shape index (κ1) is 11.5. The van der Waals surface area contributed by atoms with E-state index in [0.29, 0.717) is 6.54 Å². The Bertz CT molecular complexity index is 394. The highest BCUT2D eigenvalue weighted by Crippen LogP contribution is 2.29. The highest BCUT2D eigenvalue weighted by atomic mass is 79.9. The van der Waals surface area contributed by atoms with Crippen LogP contribution >= 0.6 is 15.9 Å². The average molecular weight is 284 g/mol. The second kappa shape index (κ2) is 4.87. The highest BCUT2D eigenvalue weighted by Gasteiger charge is 2.26. The van der Waals surface area contributed by atoms with Gasteiger partial charge in [-0.15, -0.1) is 0 Å². The van der Waals surface area contributed by atoms with Gasteiger partial charge in [-0.3, -0.25) is 4.79 Å². The van der Waals surface area contributed by atoms with E-state index < -0.39 is 5.97 Å². The Hall–Kier alpha value is -1.03. The molecular formula is C12H14BrNO2. The Morgan fingerprint density at radius 2 is 2.19 bits per heavy atom. The second-order valence-electron chi connectivity index (χ2n) is 4.07. The van der Waals surface area contributed by atoms with Gasteiger partial charge < -0.3 is 10.0 Å². The van der Waals surface area contributed by atoms with Gasteiger partial charge in [0.2, 0.25) is 0 Å². The molecule has 1 aromatic carbocycles. The van der Waals surface area contributed by atoms with Crippen molar-refractivity contribution in [2.45, 2.75) is 12.8 Å². The van der Waals surface area contributed by atoms with E-state index in [9.17, 15) is 4.79 Å². The number of para-hydroxylation sites is 1. The summed E-state index contributed by atoms with van der Waals surface area (Å²) in [6, 6.07) is 7.95. The third-order valence-corrected chi connectivity index (χ3v) is 3.63. The summed E-state index contributed by atoms with van der Waals surface area (Å²) in [5.74, 6) is -0.919. The SMILES string of the molecule is O=C(O)C1CCCN(c2ccccc2Br)C1. The van der Waals surface area contributed by atoms with Crippen molar-refractivity contribution in [2.24, 2.45) is 5.92 Å². The fraction of sp³-hybridized carbons (Fsp3) is 0.417. The molecule has 16 heavy (non-hydrogen) atoms. The summed E-state index contributed by atoms with van der Waals surface area (Å²) in [7, 11) is 0. The molecule has 0 bridgehead atoms. The number of carboxylic acids is 1. The van der Waals surface area contributed by atoms with Gasteiger partial charge in [0.15, 0.2) is 0 Å². The van der Waals surface area contributed by atoms with E-state index in [-0.39, 0.29) is 5.92 Å². The Morgan fingerprint density at radius 3 is 2.88 bits per heavy atom. The maximum atomic E-state index is 11.0. The number of hydrogen-bond acceptors (Lipinski definition) is 2. The Morgan fingerprint density at radius 1 is 1.44 bits per heavy atom. The van der Waals surface area contributed by atoms with Gasteiger partial charge in [0.05, 0.1) is 11.6 Å². The molecule has 1 saturated heterocycles. The molecule has 0 amide bonds. The number of hydrogen-bond donors (Lipinski definition) is 1. The number of halogens is 1. The second-order valence-corrected chi connectivity index (χ2v) is 4.93. The molecule has 0 aromatic heterocycles. The first-order valence-corrected chi connectivity index (χ1v) is 6.20. The molecule has 3 nitrogen and oxygen atoms in total. The number of benzene rings is 1. The van der Waals surface area contributed by atoms with Crippen molar-refractivity contribution >= 4 is 27.6 Å². The van der Waals surface area contributed by atoms with Gasteiger partial charge in [0.1, 0.15) is 0 Å². The molecule has 1 N–H and O–H groups in total. The van der Waals surface area contributed by atoms with Gasteiger partial charge in [0, 0.05) is 17.6 Å². The molecule has 0 spiro atoms.